The van der Waals surface area contributed by atoms with Gasteiger partial charge in [0.05, 0.1) is 23.7 Å². The molecule has 0 unspecified atom stereocenters. The SMILES string of the molecule is CCCc1nc(C(N)=O)c(Nc2cncc(-c3ccccc3)c2)nc1NC1CCC(O)CC1. The van der Waals surface area contributed by atoms with E-state index in [-0.39, 0.29) is 17.8 Å². The lowest BCUT2D eigenvalue weighted by molar-refractivity contribution is 0.0995. The summed E-state index contributed by atoms with van der Waals surface area (Å²) in [5, 5.41) is 16.5. The predicted octanol–water partition coefficient (Wildman–Crippen LogP) is 4.05. The van der Waals surface area contributed by atoms with E-state index in [2.05, 4.69) is 27.5 Å². The first-order valence-corrected chi connectivity index (χ1v) is 11.5. The molecule has 8 nitrogen and oxygen atoms in total. The number of amides is 1. The van der Waals surface area contributed by atoms with Gasteiger partial charge in [-0.05, 0) is 43.7 Å². The molecule has 0 atom stereocenters. The monoisotopic (exact) mass is 446 g/mol. The van der Waals surface area contributed by atoms with E-state index in [0.717, 1.165) is 48.9 Å². The van der Waals surface area contributed by atoms with E-state index >= 15 is 0 Å². The van der Waals surface area contributed by atoms with Gasteiger partial charge >= 0.3 is 0 Å². The fourth-order valence-corrected chi connectivity index (χ4v) is 4.10. The standard InChI is InChI=1S/C25H30N6O2/c1-2-6-21-24(28-18-9-11-20(32)12-10-18)31-25(22(30-21)23(26)33)29-19-13-17(14-27-15-19)16-7-4-3-5-8-16/h3-5,7-8,13-15,18,20,32H,2,6,9-12H2,1H3,(H2,26,33)(H2,28,29,31). The Hall–Kier alpha value is -3.52. The van der Waals surface area contributed by atoms with Crippen LogP contribution in [0.1, 0.15) is 55.2 Å². The van der Waals surface area contributed by atoms with Gasteiger partial charge in [-0.15, -0.1) is 0 Å². The number of hydrogen-bond acceptors (Lipinski definition) is 7. The van der Waals surface area contributed by atoms with Crippen LogP contribution in [0.5, 0.6) is 0 Å². The van der Waals surface area contributed by atoms with Crippen LogP contribution in [0.25, 0.3) is 11.1 Å². The van der Waals surface area contributed by atoms with Crippen molar-refractivity contribution in [3.63, 3.8) is 0 Å². The van der Waals surface area contributed by atoms with Crippen LogP contribution in [-0.4, -0.2) is 38.1 Å². The molecule has 0 saturated heterocycles. The van der Waals surface area contributed by atoms with E-state index in [1.54, 1.807) is 12.4 Å². The third-order valence-corrected chi connectivity index (χ3v) is 5.83. The highest BCUT2D eigenvalue weighted by atomic mass is 16.3. The zero-order valence-electron chi connectivity index (χ0n) is 18.8. The van der Waals surface area contributed by atoms with Gasteiger partial charge < -0.3 is 21.5 Å². The summed E-state index contributed by atoms with van der Waals surface area (Å²) in [7, 11) is 0. The van der Waals surface area contributed by atoms with Crippen LogP contribution >= 0.6 is 0 Å². The van der Waals surface area contributed by atoms with E-state index in [1.165, 1.54) is 0 Å². The van der Waals surface area contributed by atoms with E-state index < -0.39 is 5.91 Å². The topological polar surface area (TPSA) is 126 Å². The Labute approximate surface area is 193 Å². The van der Waals surface area contributed by atoms with Gasteiger partial charge in [-0.1, -0.05) is 43.7 Å². The number of nitrogens with zero attached hydrogens (tertiary/aromatic N) is 3. The van der Waals surface area contributed by atoms with Crippen molar-refractivity contribution in [3.8, 4) is 11.1 Å². The van der Waals surface area contributed by atoms with E-state index in [1.807, 2.05) is 36.4 Å². The number of nitrogens with two attached hydrogens (primary N) is 1. The largest absolute Gasteiger partial charge is 0.393 e. The van der Waals surface area contributed by atoms with Crippen LogP contribution < -0.4 is 16.4 Å². The Morgan fingerprint density at radius 2 is 1.82 bits per heavy atom. The van der Waals surface area contributed by atoms with Crippen LogP contribution in [0, 0.1) is 0 Å². The summed E-state index contributed by atoms with van der Waals surface area (Å²) in [6.45, 7) is 2.05. The normalized spacial score (nSPS) is 18.0. The summed E-state index contributed by atoms with van der Waals surface area (Å²) in [6.07, 6.45) is 8.01. The van der Waals surface area contributed by atoms with Crippen molar-refractivity contribution in [2.45, 2.75) is 57.6 Å². The summed E-state index contributed by atoms with van der Waals surface area (Å²) in [5.41, 5.74) is 9.15. The highest BCUT2D eigenvalue weighted by Gasteiger charge is 2.23. The maximum atomic E-state index is 12.2. The van der Waals surface area contributed by atoms with Crippen LogP contribution in [0.15, 0.2) is 48.8 Å². The average Bonchev–Trinajstić information content (AvgIpc) is 2.83. The number of carbonyl (C=O) groups excluding carboxylic acids is 1. The van der Waals surface area contributed by atoms with Gasteiger partial charge in [0.15, 0.2) is 17.3 Å². The van der Waals surface area contributed by atoms with Gasteiger partial charge in [0.2, 0.25) is 0 Å². The zero-order valence-corrected chi connectivity index (χ0v) is 18.8. The fraction of sp³-hybridized carbons (Fsp3) is 0.360. The minimum Gasteiger partial charge on any atom is -0.393 e. The van der Waals surface area contributed by atoms with Crippen molar-refractivity contribution < 1.29 is 9.90 Å². The van der Waals surface area contributed by atoms with Crippen molar-refractivity contribution in [3.05, 3.63) is 60.2 Å². The lowest BCUT2D eigenvalue weighted by atomic mass is 9.93. The number of aromatic nitrogens is 3. The summed E-state index contributed by atoms with van der Waals surface area (Å²) in [4.78, 5) is 25.9. The van der Waals surface area contributed by atoms with Crippen LogP contribution in [0.3, 0.4) is 0 Å². The first kappa shape index (κ1) is 22.7. The molecule has 172 valence electrons. The first-order valence-electron chi connectivity index (χ1n) is 11.5. The molecule has 0 radical (unpaired) electrons. The molecule has 0 bridgehead atoms. The Morgan fingerprint density at radius 1 is 1.06 bits per heavy atom. The molecule has 1 saturated carbocycles. The highest BCUT2D eigenvalue weighted by Crippen LogP contribution is 2.28. The number of hydrogen-bond donors (Lipinski definition) is 4. The molecule has 2 aromatic heterocycles. The van der Waals surface area contributed by atoms with E-state index in [4.69, 9.17) is 10.7 Å². The van der Waals surface area contributed by atoms with Gasteiger partial charge in [-0.3, -0.25) is 9.78 Å². The molecule has 1 fully saturated rings. The molecule has 4 rings (SSSR count). The number of nitrogens with one attached hydrogen (secondary N) is 2. The smallest absolute Gasteiger partial charge is 0.271 e. The molecule has 1 amide bonds. The molecule has 1 aliphatic carbocycles. The summed E-state index contributed by atoms with van der Waals surface area (Å²) in [5.74, 6) is 0.312. The second kappa shape index (κ2) is 10.4. The Balaban J connectivity index is 1.66. The van der Waals surface area contributed by atoms with E-state index in [9.17, 15) is 9.90 Å². The number of aliphatic hydroxyl groups is 1. The van der Waals surface area contributed by atoms with Crippen molar-refractivity contribution in [1.29, 1.82) is 0 Å². The molecule has 5 N–H and O–H groups in total. The molecular formula is C25H30N6O2. The lowest BCUT2D eigenvalue weighted by Gasteiger charge is -2.27. The summed E-state index contributed by atoms with van der Waals surface area (Å²) in [6, 6.07) is 12.1. The molecule has 33 heavy (non-hydrogen) atoms. The van der Waals surface area contributed by atoms with Crippen LogP contribution in [0.4, 0.5) is 17.3 Å². The molecule has 8 heteroatoms. The van der Waals surface area contributed by atoms with Gasteiger partial charge in [-0.2, -0.15) is 0 Å². The highest BCUT2D eigenvalue weighted by molar-refractivity contribution is 5.96. The van der Waals surface area contributed by atoms with Crippen molar-refractivity contribution in [2.24, 2.45) is 5.73 Å². The van der Waals surface area contributed by atoms with Crippen molar-refractivity contribution >= 4 is 23.2 Å². The fourth-order valence-electron chi connectivity index (χ4n) is 4.10. The van der Waals surface area contributed by atoms with Crippen molar-refractivity contribution in [2.75, 3.05) is 10.6 Å². The van der Waals surface area contributed by atoms with Crippen LogP contribution in [-0.2, 0) is 6.42 Å². The minimum atomic E-state index is -0.637. The maximum absolute atomic E-state index is 12.2. The predicted molar refractivity (Wildman–Crippen MR) is 129 cm³/mol. The molecular weight excluding hydrogens is 416 g/mol. The first-order chi connectivity index (χ1) is 16.0. The molecule has 3 aromatic rings. The number of carbonyl (C=O) groups is 1. The number of benzene rings is 1. The molecule has 2 heterocycles. The molecule has 1 aromatic carbocycles. The van der Waals surface area contributed by atoms with Gasteiger partial charge in [0, 0.05) is 17.8 Å². The summed E-state index contributed by atoms with van der Waals surface area (Å²) < 4.78 is 0. The minimum absolute atomic E-state index is 0.105. The Morgan fingerprint density at radius 3 is 2.52 bits per heavy atom. The van der Waals surface area contributed by atoms with Gasteiger partial charge in [-0.25, -0.2) is 9.97 Å². The number of anilines is 3. The third kappa shape index (κ3) is 5.64. The average molecular weight is 447 g/mol. The second-order valence-corrected chi connectivity index (χ2v) is 8.43. The second-order valence-electron chi connectivity index (χ2n) is 8.43. The Kier molecular flexibility index (Phi) is 7.14. The molecule has 0 spiro atoms. The lowest BCUT2D eigenvalue weighted by Crippen LogP contribution is -2.29. The van der Waals surface area contributed by atoms with Gasteiger partial charge in [0.25, 0.3) is 5.91 Å². The molecule has 1 aliphatic rings. The zero-order chi connectivity index (χ0) is 23.2. The summed E-state index contributed by atoms with van der Waals surface area (Å²) >= 11 is 0. The Bertz CT molecular complexity index is 1100. The maximum Gasteiger partial charge on any atom is 0.271 e. The number of primary amides is 1. The van der Waals surface area contributed by atoms with Crippen LogP contribution in [0.2, 0.25) is 0 Å². The molecule has 0 aliphatic heterocycles. The van der Waals surface area contributed by atoms with Crippen molar-refractivity contribution in [1.82, 2.24) is 15.0 Å². The van der Waals surface area contributed by atoms with Gasteiger partial charge in [0.1, 0.15) is 0 Å². The number of aliphatic hydroxyl groups excluding tert-OH is 1. The number of pyridine rings is 1. The van der Waals surface area contributed by atoms with E-state index in [0.29, 0.717) is 23.7 Å². The number of aryl methyl sites for hydroxylation is 1. The third-order valence-electron chi connectivity index (χ3n) is 5.83. The number of rotatable bonds is 8. The quantitative estimate of drug-likeness (QED) is 0.411.